The lowest BCUT2D eigenvalue weighted by Crippen LogP contribution is -2.52. The maximum absolute atomic E-state index is 14.1. The molecule has 15 heteroatoms. The number of amides is 5. The molecular weight excluding hydrogens is 794 g/mol. The first-order chi connectivity index (χ1) is 29.6. The second-order valence-corrected chi connectivity index (χ2v) is 18.0. The molecule has 2 aromatic heterocycles. The second-order valence-electron chi connectivity index (χ2n) is 17.6. The van der Waals surface area contributed by atoms with E-state index in [9.17, 15) is 24.0 Å². The summed E-state index contributed by atoms with van der Waals surface area (Å²) in [4.78, 5) is 86.1. The first-order valence-corrected chi connectivity index (χ1v) is 21.9. The van der Waals surface area contributed by atoms with Gasteiger partial charge in [-0.1, -0.05) is 41.9 Å². The van der Waals surface area contributed by atoms with Gasteiger partial charge in [0.15, 0.2) is 0 Å². The van der Waals surface area contributed by atoms with Crippen molar-refractivity contribution in [1.29, 1.82) is 0 Å². The molecule has 1 saturated carbocycles. The van der Waals surface area contributed by atoms with Gasteiger partial charge in [-0.25, -0.2) is 9.97 Å². The lowest BCUT2D eigenvalue weighted by atomic mass is 9.77. The number of hydrogen-bond acceptors (Lipinski definition) is 10. The molecule has 10 rings (SSSR count). The second kappa shape index (κ2) is 15.9. The summed E-state index contributed by atoms with van der Waals surface area (Å²) in [6.07, 6.45) is 11.8. The Labute approximate surface area is 359 Å². The fourth-order valence-electron chi connectivity index (χ4n) is 10.0. The largest absolute Gasteiger partial charge is 0.342 e. The zero-order chi connectivity index (χ0) is 41.8. The smallest absolute Gasteiger partial charge is 0.255 e. The molecule has 1 atom stereocenters. The Hall–Kier alpha value is -5.73. The zero-order valence-corrected chi connectivity index (χ0v) is 34.7. The van der Waals surface area contributed by atoms with E-state index in [1.54, 1.807) is 23.5 Å². The molecule has 1 spiro atoms. The molecule has 7 heterocycles. The van der Waals surface area contributed by atoms with E-state index in [1.807, 2.05) is 40.1 Å². The summed E-state index contributed by atoms with van der Waals surface area (Å²) in [5.74, 6) is 0.637. The van der Waals surface area contributed by atoms with E-state index >= 15 is 0 Å². The van der Waals surface area contributed by atoms with Crippen molar-refractivity contribution in [1.82, 2.24) is 35.0 Å². The number of hydrogen-bond donors (Lipinski definition) is 2. The highest BCUT2D eigenvalue weighted by Crippen LogP contribution is 2.44. The molecule has 5 aliphatic heterocycles. The number of aromatic nitrogens is 3. The van der Waals surface area contributed by atoms with Crippen LogP contribution in [0, 0.1) is 5.41 Å². The third-order valence-corrected chi connectivity index (χ3v) is 14.1. The minimum Gasteiger partial charge on any atom is -0.342 e. The monoisotopic (exact) mass is 841 g/mol. The van der Waals surface area contributed by atoms with Crippen LogP contribution in [0.15, 0.2) is 67.1 Å². The van der Waals surface area contributed by atoms with Gasteiger partial charge in [0.05, 0.1) is 52.6 Å². The topological polar surface area (TPSA) is 161 Å². The maximum Gasteiger partial charge on any atom is 0.255 e. The third kappa shape index (κ3) is 7.76. The van der Waals surface area contributed by atoms with Crippen LogP contribution in [-0.2, 0) is 25.7 Å². The Balaban J connectivity index is 0.709. The van der Waals surface area contributed by atoms with Gasteiger partial charge in [-0.15, -0.1) is 0 Å². The van der Waals surface area contributed by atoms with Crippen LogP contribution in [-0.4, -0.2) is 104 Å². The Kier molecular flexibility index (Phi) is 10.3. The summed E-state index contributed by atoms with van der Waals surface area (Å²) in [6, 6.07) is 15.6. The number of carbonyl (C=O) groups excluding carboxylic acids is 5. The van der Waals surface area contributed by atoms with E-state index in [-0.39, 0.29) is 30.0 Å². The molecule has 0 radical (unpaired) electrons. The first kappa shape index (κ1) is 39.4. The zero-order valence-electron chi connectivity index (χ0n) is 33.9. The van der Waals surface area contributed by atoms with Gasteiger partial charge in [-0.2, -0.15) is 0 Å². The number of nitrogens with one attached hydrogen (secondary N) is 2. The molecular formula is C46H48ClN9O5. The predicted molar refractivity (Wildman–Crippen MR) is 228 cm³/mol. The Morgan fingerprint density at radius 3 is 2.41 bits per heavy atom. The van der Waals surface area contributed by atoms with E-state index < -0.39 is 17.4 Å². The van der Waals surface area contributed by atoms with Crippen LogP contribution in [0.4, 0.5) is 17.3 Å². The van der Waals surface area contributed by atoms with Crippen LogP contribution in [0.25, 0.3) is 11.3 Å². The molecule has 61 heavy (non-hydrogen) atoms. The quantitative estimate of drug-likeness (QED) is 0.197. The van der Waals surface area contributed by atoms with Crippen LogP contribution in [0.5, 0.6) is 0 Å². The minimum atomic E-state index is -0.628. The molecule has 4 saturated heterocycles. The number of anilines is 3. The fourth-order valence-corrected chi connectivity index (χ4v) is 10.2. The van der Waals surface area contributed by atoms with E-state index in [0.717, 1.165) is 43.5 Å². The van der Waals surface area contributed by atoms with Crippen LogP contribution >= 0.6 is 11.6 Å². The predicted octanol–water partition coefficient (Wildman–Crippen LogP) is 5.80. The Bertz CT molecular complexity index is 2440. The number of imide groups is 1. The molecule has 5 amide bonds. The average molecular weight is 842 g/mol. The van der Waals surface area contributed by atoms with Crippen molar-refractivity contribution < 1.29 is 24.0 Å². The van der Waals surface area contributed by atoms with Gasteiger partial charge in [0.25, 0.3) is 5.91 Å². The van der Waals surface area contributed by atoms with Gasteiger partial charge in [0.1, 0.15) is 6.04 Å². The molecule has 1 aliphatic carbocycles. The maximum atomic E-state index is 14.1. The van der Waals surface area contributed by atoms with Gasteiger partial charge in [-0.3, -0.25) is 39.2 Å². The fraction of sp³-hybridized carbons (Fsp3) is 0.435. The number of fused-ring (bicyclic) bond motifs is 1. The highest BCUT2D eigenvalue weighted by Gasteiger charge is 2.49. The molecule has 5 fully saturated rings. The van der Waals surface area contributed by atoms with E-state index in [0.29, 0.717) is 97.4 Å². The van der Waals surface area contributed by atoms with Gasteiger partial charge in [-0.05, 0) is 111 Å². The van der Waals surface area contributed by atoms with Gasteiger partial charge in [0.2, 0.25) is 29.6 Å². The van der Waals surface area contributed by atoms with Crippen molar-refractivity contribution in [3.05, 3.63) is 94.4 Å². The molecule has 314 valence electrons. The molecule has 4 aromatic rings. The van der Waals surface area contributed by atoms with E-state index in [4.69, 9.17) is 16.6 Å². The number of halogens is 1. The standard InChI is InChI=1S/C46H48ClN9O5/c47-37-25-49-45(52-41(37)32-3-1-2-30(20-32)28-4-5-28)50-34-22-35(24-48-23-34)55-19-14-46(44(55)61)12-17-54(18-13-46)40(58)27-53-15-10-29(11-16-53)31-6-7-36-33(21-31)26-56(43(36)60)38-8-9-39(57)51-42(38)59/h1-3,6-7,20-25,28-29,38H,4-5,8-19,26-27H2,(H,49,50,52)(H,51,57,59). The van der Waals surface area contributed by atoms with E-state index in [2.05, 4.69) is 43.7 Å². The molecule has 2 aromatic carbocycles. The van der Waals surface area contributed by atoms with Crippen LogP contribution in [0.2, 0.25) is 5.02 Å². The van der Waals surface area contributed by atoms with Crippen LogP contribution in [0.3, 0.4) is 0 Å². The summed E-state index contributed by atoms with van der Waals surface area (Å²) in [6.45, 7) is 4.00. The Morgan fingerprint density at radius 2 is 1.62 bits per heavy atom. The van der Waals surface area contributed by atoms with Crippen LogP contribution < -0.4 is 15.5 Å². The van der Waals surface area contributed by atoms with Crippen molar-refractivity contribution >= 4 is 58.5 Å². The van der Waals surface area contributed by atoms with Crippen molar-refractivity contribution in [3.8, 4) is 11.3 Å². The van der Waals surface area contributed by atoms with Gasteiger partial charge >= 0.3 is 0 Å². The Morgan fingerprint density at radius 1 is 0.852 bits per heavy atom. The summed E-state index contributed by atoms with van der Waals surface area (Å²) < 4.78 is 0. The summed E-state index contributed by atoms with van der Waals surface area (Å²) in [5.41, 5.74) is 6.50. The number of carbonyl (C=O) groups is 5. The lowest BCUT2D eigenvalue weighted by Gasteiger charge is -2.39. The molecule has 1 unspecified atom stereocenters. The number of likely N-dealkylation sites (tertiary alicyclic amines) is 2. The van der Waals surface area contributed by atoms with Crippen molar-refractivity contribution in [3.63, 3.8) is 0 Å². The molecule has 0 bridgehead atoms. The van der Waals surface area contributed by atoms with Crippen molar-refractivity contribution in [2.24, 2.45) is 5.41 Å². The third-order valence-electron chi connectivity index (χ3n) is 13.8. The molecule has 6 aliphatic rings. The first-order valence-electron chi connectivity index (χ1n) is 21.6. The van der Waals surface area contributed by atoms with Crippen LogP contribution in [0.1, 0.15) is 96.7 Å². The number of piperidine rings is 3. The number of pyridine rings is 1. The number of benzene rings is 2. The SMILES string of the molecule is O=C1CCC(N2Cc3cc(C4CCN(CC(=O)N5CCC6(CC5)CCN(c5cncc(Nc7ncc(Cl)c(-c8cccc(C9CC9)c8)n7)c5)C6=O)CC4)ccc3C2=O)C(=O)N1. The van der Waals surface area contributed by atoms with Gasteiger partial charge < -0.3 is 20.0 Å². The normalized spacial score (nSPS) is 21.9. The summed E-state index contributed by atoms with van der Waals surface area (Å²) >= 11 is 6.56. The van der Waals surface area contributed by atoms with Crippen molar-refractivity contribution in [2.45, 2.75) is 82.2 Å². The number of rotatable bonds is 9. The highest BCUT2D eigenvalue weighted by atomic mass is 35.5. The van der Waals surface area contributed by atoms with Gasteiger partial charge in [0, 0.05) is 43.7 Å². The van der Waals surface area contributed by atoms with E-state index in [1.165, 1.54) is 24.0 Å². The lowest BCUT2D eigenvalue weighted by molar-refractivity contribution is -0.138. The van der Waals surface area contributed by atoms with Crippen molar-refractivity contribution in [2.75, 3.05) is 49.5 Å². The number of nitrogens with zero attached hydrogens (tertiary/aromatic N) is 7. The summed E-state index contributed by atoms with van der Waals surface area (Å²) in [5, 5.41) is 6.10. The molecule has 14 nitrogen and oxygen atoms in total. The average Bonchev–Trinajstić information content (AvgIpc) is 4.02. The minimum absolute atomic E-state index is 0.0841. The molecule has 2 N–H and O–H groups in total. The highest BCUT2D eigenvalue weighted by molar-refractivity contribution is 6.32. The summed E-state index contributed by atoms with van der Waals surface area (Å²) in [7, 11) is 0.